The van der Waals surface area contributed by atoms with Crippen LogP contribution in [0.25, 0.3) is 0 Å². The van der Waals surface area contributed by atoms with Crippen LogP contribution in [-0.2, 0) is 0 Å². The molecule has 1 aromatic carbocycles. The normalized spacial score (nSPS) is 10.1. The molecule has 0 amide bonds. The number of nitrogens with one attached hydrogen (secondary N) is 2. The van der Waals surface area contributed by atoms with Crippen LogP contribution in [0.5, 0.6) is 0 Å². The number of carboxylic acid groups (broad SMARTS) is 1. The number of hydrogen-bond donors (Lipinski definition) is 3. The van der Waals surface area contributed by atoms with Gasteiger partial charge < -0.3 is 15.4 Å². The van der Waals surface area contributed by atoms with Crippen molar-refractivity contribution in [2.45, 2.75) is 0 Å². The van der Waals surface area contributed by atoms with Crippen LogP contribution in [0, 0.1) is 0 Å². The van der Waals surface area contributed by atoms with E-state index in [-0.39, 0.29) is 16.1 Å². The smallest absolute Gasteiger partial charge is 0.337 e. The Morgan fingerprint density at radius 2 is 2.17 bits per heavy atom. The number of carbonyl (C=O) groups is 1. The van der Waals surface area contributed by atoms with E-state index >= 15 is 0 Å². The number of H-pyrrole nitrogens is 1. The molecule has 0 atom stereocenters. The minimum absolute atomic E-state index is 0.0149. The van der Waals surface area contributed by atoms with Crippen molar-refractivity contribution in [1.82, 2.24) is 9.97 Å². The van der Waals surface area contributed by atoms with Gasteiger partial charge in [0.05, 0.1) is 16.9 Å². The lowest BCUT2D eigenvalue weighted by Gasteiger charge is -2.06. The minimum atomic E-state index is -1.10. The van der Waals surface area contributed by atoms with Gasteiger partial charge in [0.1, 0.15) is 5.82 Å². The molecule has 0 bridgehead atoms. The van der Waals surface area contributed by atoms with E-state index in [0.717, 1.165) is 0 Å². The average molecular weight is 266 g/mol. The zero-order valence-corrected chi connectivity index (χ0v) is 9.73. The summed E-state index contributed by atoms with van der Waals surface area (Å²) in [4.78, 5) is 28.1. The lowest BCUT2D eigenvalue weighted by molar-refractivity contribution is 0.0697. The van der Waals surface area contributed by atoms with Gasteiger partial charge in [0.2, 0.25) is 0 Å². The standard InChI is InChI=1S/C11H8ClN3O3/c12-8-3-6(1-2-7(8)11(17)18)15-9-4-10(16)14-5-13-9/h1-5H,(H,17,18)(H2,13,14,15,16). The first-order valence-electron chi connectivity index (χ1n) is 4.91. The second-order valence-corrected chi connectivity index (χ2v) is 3.83. The second-order valence-electron chi connectivity index (χ2n) is 3.42. The Balaban J connectivity index is 2.28. The van der Waals surface area contributed by atoms with Crippen molar-refractivity contribution < 1.29 is 9.90 Å². The number of nitrogens with zero attached hydrogens (tertiary/aromatic N) is 1. The number of benzene rings is 1. The number of anilines is 2. The maximum atomic E-state index is 11.1. The quantitative estimate of drug-likeness (QED) is 0.787. The fourth-order valence-electron chi connectivity index (χ4n) is 1.35. The van der Waals surface area contributed by atoms with Crippen LogP contribution >= 0.6 is 11.6 Å². The van der Waals surface area contributed by atoms with Crippen molar-refractivity contribution in [3.63, 3.8) is 0 Å². The van der Waals surface area contributed by atoms with Crippen molar-refractivity contribution in [3.05, 3.63) is 51.5 Å². The summed E-state index contributed by atoms with van der Waals surface area (Å²) in [5, 5.41) is 11.8. The van der Waals surface area contributed by atoms with Crippen molar-refractivity contribution in [3.8, 4) is 0 Å². The van der Waals surface area contributed by atoms with Crippen molar-refractivity contribution >= 4 is 29.1 Å². The number of rotatable bonds is 3. The van der Waals surface area contributed by atoms with Gasteiger partial charge in [-0.15, -0.1) is 0 Å². The summed E-state index contributed by atoms with van der Waals surface area (Å²) in [7, 11) is 0. The Morgan fingerprint density at radius 3 is 2.78 bits per heavy atom. The third-order valence-electron chi connectivity index (χ3n) is 2.15. The van der Waals surface area contributed by atoms with Gasteiger partial charge in [-0.3, -0.25) is 4.79 Å². The molecule has 1 aromatic heterocycles. The topological polar surface area (TPSA) is 95.1 Å². The molecule has 0 aliphatic carbocycles. The number of aromatic amines is 1. The Bertz CT molecular complexity index is 654. The molecule has 18 heavy (non-hydrogen) atoms. The van der Waals surface area contributed by atoms with Crippen LogP contribution < -0.4 is 10.9 Å². The molecule has 0 radical (unpaired) electrons. The highest BCUT2D eigenvalue weighted by molar-refractivity contribution is 6.33. The average Bonchev–Trinajstić information content (AvgIpc) is 2.28. The van der Waals surface area contributed by atoms with Crippen LogP contribution in [0.3, 0.4) is 0 Å². The highest BCUT2D eigenvalue weighted by Gasteiger charge is 2.09. The van der Waals surface area contributed by atoms with Gasteiger partial charge in [-0.25, -0.2) is 9.78 Å². The molecule has 92 valence electrons. The number of carboxylic acids is 1. The predicted molar refractivity (Wildman–Crippen MR) is 66.6 cm³/mol. The lowest BCUT2D eigenvalue weighted by atomic mass is 10.2. The molecule has 6 nitrogen and oxygen atoms in total. The minimum Gasteiger partial charge on any atom is -0.478 e. The molecule has 7 heteroatoms. The molecule has 2 aromatic rings. The maximum Gasteiger partial charge on any atom is 0.337 e. The lowest BCUT2D eigenvalue weighted by Crippen LogP contribution is -2.06. The molecule has 0 unspecified atom stereocenters. The first-order valence-corrected chi connectivity index (χ1v) is 5.28. The zero-order chi connectivity index (χ0) is 13.1. The highest BCUT2D eigenvalue weighted by Crippen LogP contribution is 2.22. The Labute approximate surface area is 106 Å². The van der Waals surface area contributed by atoms with Gasteiger partial charge in [0, 0.05) is 11.8 Å². The zero-order valence-electron chi connectivity index (χ0n) is 8.98. The predicted octanol–water partition coefficient (Wildman–Crippen LogP) is 1.87. The van der Waals surface area contributed by atoms with E-state index < -0.39 is 5.97 Å². The highest BCUT2D eigenvalue weighted by atomic mass is 35.5. The van der Waals surface area contributed by atoms with Gasteiger partial charge >= 0.3 is 5.97 Å². The third-order valence-corrected chi connectivity index (χ3v) is 2.46. The van der Waals surface area contributed by atoms with Crippen molar-refractivity contribution in [2.24, 2.45) is 0 Å². The largest absolute Gasteiger partial charge is 0.478 e. The Kier molecular flexibility index (Phi) is 3.29. The van der Waals surface area contributed by atoms with E-state index in [2.05, 4.69) is 15.3 Å². The van der Waals surface area contributed by atoms with Crippen molar-refractivity contribution in [2.75, 3.05) is 5.32 Å². The van der Waals surface area contributed by atoms with Crippen LogP contribution in [0.15, 0.2) is 35.4 Å². The second kappa shape index (κ2) is 4.89. The summed E-state index contributed by atoms with van der Waals surface area (Å²) in [6, 6.07) is 5.64. The molecule has 3 N–H and O–H groups in total. The first kappa shape index (κ1) is 12.1. The molecular weight excluding hydrogens is 258 g/mol. The summed E-state index contributed by atoms with van der Waals surface area (Å²) >= 11 is 5.81. The summed E-state index contributed by atoms with van der Waals surface area (Å²) in [6.45, 7) is 0. The van der Waals surface area contributed by atoms with Gasteiger partial charge in [0.25, 0.3) is 5.56 Å². The van der Waals surface area contributed by atoms with Gasteiger partial charge in [-0.1, -0.05) is 11.6 Å². The fraction of sp³-hybridized carbons (Fsp3) is 0. The van der Waals surface area contributed by atoms with Crippen LogP contribution in [0.1, 0.15) is 10.4 Å². The fourth-order valence-corrected chi connectivity index (χ4v) is 1.61. The SMILES string of the molecule is O=C(O)c1ccc(Nc2cc(=O)[nH]cn2)cc1Cl. The Hall–Kier alpha value is -2.34. The monoisotopic (exact) mass is 265 g/mol. The van der Waals surface area contributed by atoms with Crippen molar-refractivity contribution in [1.29, 1.82) is 0 Å². The summed E-state index contributed by atoms with van der Waals surface area (Å²) in [5.74, 6) is -0.751. The number of aromatic carboxylic acids is 1. The molecule has 2 rings (SSSR count). The number of halogens is 1. The number of aromatic nitrogens is 2. The Morgan fingerprint density at radius 1 is 1.39 bits per heavy atom. The molecule has 0 aliphatic heterocycles. The van der Waals surface area contributed by atoms with Crippen LogP contribution in [0.2, 0.25) is 5.02 Å². The molecule has 0 saturated carbocycles. The maximum absolute atomic E-state index is 11.1. The van der Waals surface area contributed by atoms with E-state index in [4.69, 9.17) is 16.7 Å². The van der Waals surface area contributed by atoms with E-state index in [1.807, 2.05) is 0 Å². The summed E-state index contributed by atoms with van der Waals surface area (Å²) in [5.41, 5.74) is 0.268. The molecular formula is C11H8ClN3O3. The summed E-state index contributed by atoms with van der Waals surface area (Å²) in [6.07, 6.45) is 1.26. The van der Waals surface area contributed by atoms with E-state index in [0.29, 0.717) is 11.5 Å². The molecule has 0 aliphatic rings. The molecule has 0 fully saturated rings. The molecule has 0 saturated heterocycles. The summed E-state index contributed by atoms with van der Waals surface area (Å²) < 4.78 is 0. The van der Waals surface area contributed by atoms with Crippen LogP contribution in [-0.4, -0.2) is 21.0 Å². The van der Waals surface area contributed by atoms with E-state index in [9.17, 15) is 9.59 Å². The van der Waals surface area contributed by atoms with Crippen LogP contribution in [0.4, 0.5) is 11.5 Å². The van der Waals surface area contributed by atoms with E-state index in [1.54, 1.807) is 0 Å². The number of hydrogen-bond acceptors (Lipinski definition) is 4. The molecule has 0 spiro atoms. The van der Waals surface area contributed by atoms with Gasteiger partial charge in [-0.05, 0) is 18.2 Å². The van der Waals surface area contributed by atoms with Gasteiger partial charge in [-0.2, -0.15) is 0 Å². The first-order chi connectivity index (χ1) is 8.56. The van der Waals surface area contributed by atoms with E-state index in [1.165, 1.54) is 30.6 Å². The molecule has 1 heterocycles. The third kappa shape index (κ3) is 2.67. The van der Waals surface area contributed by atoms with Gasteiger partial charge in [0.15, 0.2) is 0 Å².